The van der Waals surface area contributed by atoms with Crippen LogP contribution in [0.3, 0.4) is 0 Å². The first-order valence-electron chi connectivity index (χ1n) is 5.98. The minimum absolute atomic E-state index is 0.0641. The van der Waals surface area contributed by atoms with Crippen molar-refractivity contribution in [2.45, 2.75) is 26.3 Å². The minimum atomic E-state index is -0.155. The highest BCUT2D eigenvalue weighted by Gasteiger charge is 2.28. The van der Waals surface area contributed by atoms with E-state index in [-0.39, 0.29) is 17.9 Å². The molecule has 4 nitrogen and oxygen atoms in total. The summed E-state index contributed by atoms with van der Waals surface area (Å²) in [6, 6.07) is 7.20. The standard InChI is InChI=1S/C14H16N2O2/c1-3-6-14(18)16-10(2)9-13(17)15-11-7-4-5-8-12(11)16/h3-8,10H,9H2,1-2H3,(H,15,17)/b6-3+/t10-/m0/s1. The van der Waals surface area contributed by atoms with Gasteiger partial charge in [-0.25, -0.2) is 0 Å². The molecule has 0 spiro atoms. The smallest absolute Gasteiger partial charge is 0.250 e. The lowest BCUT2D eigenvalue weighted by Crippen LogP contribution is -2.37. The van der Waals surface area contributed by atoms with Gasteiger partial charge >= 0.3 is 0 Å². The molecule has 1 aliphatic heterocycles. The van der Waals surface area contributed by atoms with E-state index in [0.717, 1.165) is 5.69 Å². The summed E-state index contributed by atoms with van der Waals surface area (Å²) in [4.78, 5) is 25.5. The van der Waals surface area contributed by atoms with Crippen molar-refractivity contribution >= 4 is 23.2 Å². The summed E-state index contributed by atoms with van der Waals surface area (Å²) in [6.45, 7) is 3.68. The number of benzene rings is 1. The van der Waals surface area contributed by atoms with Gasteiger partial charge in [0.25, 0.3) is 5.91 Å². The summed E-state index contributed by atoms with van der Waals surface area (Å²) in [6.07, 6.45) is 3.53. The van der Waals surface area contributed by atoms with Crippen molar-refractivity contribution in [3.63, 3.8) is 0 Å². The summed E-state index contributed by atoms with van der Waals surface area (Å²) in [5.41, 5.74) is 1.43. The molecule has 94 valence electrons. The van der Waals surface area contributed by atoms with Crippen LogP contribution in [0.15, 0.2) is 36.4 Å². The molecule has 1 heterocycles. The van der Waals surface area contributed by atoms with Gasteiger partial charge in [-0.2, -0.15) is 0 Å². The van der Waals surface area contributed by atoms with Crippen LogP contribution in [0.4, 0.5) is 11.4 Å². The van der Waals surface area contributed by atoms with Gasteiger partial charge in [-0.15, -0.1) is 0 Å². The molecule has 1 N–H and O–H groups in total. The fraction of sp³-hybridized carbons (Fsp3) is 0.286. The average molecular weight is 244 g/mol. The minimum Gasteiger partial charge on any atom is -0.324 e. The van der Waals surface area contributed by atoms with Crippen molar-refractivity contribution in [2.24, 2.45) is 0 Å². The van der Waals surface area contributed by atoms with Crippen molar-refractivity contribution < 1.29 is 9.59 Å². The highest BCUT2D eigenvalue weighted by atomic mass is 16.2. The predicted molar refractivity (Wildman–Crippen MR) is 71.5 cm³/mol. The van der Waals surface area contributed by atoms with E-state index in [1.807, 2.05) is 25.1 Å². The first-order chi connectivity index (χ1) is 8.63. The lowest BCUT2D eigenvalue weighted by molar-refractivity contribution is -0.116. The van der Waals surface area contributed by atoms with Gasteiger partial charge in [0.05, 0.1) is 11.4 Å². The van der Waals surface area contributed by atoms with Crippen molar-refractivity contribution in [3.05, 3.63) is 36.4 Å². The molecule has 2 amide bonds. The zero-order valence-electron chi connectivity index (χ0n) is 10.5. The number of carbonyl (C=O) groups is 2. The molecular weight excluding hydrogens is 228 g/mol. The summed E-state index contributed by atoms with van der Waals surface area (Å²) in [5.74, 6) is -0.167. The number of hydrogen-bond acceptors (Lipinski definition) is 2. The Balaban J connectivity index is 2.49. The third-order valence-electron chi connectivity index (χ3n) is 2.91. The number of rotatable bonds is 1. The van der Waals surface area contributed by atoms with Gasteiger partial charge in [-0.3, -0.25) is 9.59 Å². The maximum atomic E-state index is 12.1. The Hall–Kier alpha value is -2.10. The zero-order chi connectivity index (χ0) is 13.1. The van der Waals surface area contributed by atoms with Gasteiger partial charge in [0.15, 0.2) is 0 Å². The van der Waals surface area contributed by atoms with E-state index in [0.29, 0.717) is 12.1 Å². The number of fused-ring (bicyclic) bond motifs is 1. The number of carbonyl (C=O) groups excluding carboxylic acids is 2. The van der Waals surface area contributed by atoms with Crippen molar-refractivity contribution in [3.8, 4) is 0 Å². The molecule has 1 aromatic rings. The number of anilines is 2. The second-order valence-corrected chi connectivity index (χ2v) is 4.33. The van der Waals surface area contributed by atoms with Gasteiger partial charge in [-0.05, 0) is 32.1 Å². The van der Waals surface area contributed by atoms with Gasteiger partial charge in [0.2, 0.25) is 5.91 Å². The van der Waals surface area contributed by atoms with Crippen LogP contribution in [0.25, 0.3) is 0 Å². The van der Waals surface area contributed by atoms with Gasteiger partial charge in [-0.1, -0.05) is 18.2 Å². The number of nitrogens with one attached hydrogen (secondary N) is 1. The molecule has 18 heavy (non-hydrogen) atoms. The van der Waals surface area contributed by atoms with Crippen LogP contribution in [0, 0.1) is 0 Å². The highest BCUT2D eigenvalue weighted by Crippen LogP contribution is 2.31. The summed E-state index contributed by atoms with van der Waals surface area (Å²) >= 11 is 0. The second-order valence-electron chi connectivity index (χ2n) is 4.33. The van der Waals surface area contributed by atoms with E-state index < -0.39 is 0 Å². The Morgan fingerprint density at radius 3 is 2.89 bits per heavy atom. The topological polar surface area (TPSA) is 49.4 Å². The normalized spacial score (nSPS) is 19.3. The van der Waals surface area contributed by atoms with Crippen LogP contribution in [0.1, 0.15) is 20.3 Å². The second kappa shape index (κ2) is 5.04. The molecule has 0 unspecified atom stereocenters. The molecule has 0 aliphatic carbocycles. The zero-order valence-corrected chi connectivity index (χ0v) is 10.5. The van der Waals surface area contributed by atoms with Gasteiger partial charge in [0.1, 0.15) is 0 Å². The van der Waals surface area contributed by atoms with Crippen LogP contribution in [0.5, 0.6) is 0 Å². The molecular formula is C14H16N2O2. The molecule has 0 aromatic heterocycles. The lowest BCUT2D eigenvalue weighted by Gasteiger charge is -2.26. The van der Waals surface area contributed by atoms with E-state index in [1.54, 1.807) is 24.0 Å². The number of allylic oxidation sites excluding steroid dienone is 1. The Kier molecular flexibility index (Phi) is 3.46. The summed E-state index contributed by atoms with van der Waals surface area (Å²) < 4.78 is 0. The molecule has 0 radical (unpaired) electrons. The SMILES string of the molecule is C/C=C/C(=O)N1c2ccccc2NC(=O)C[C@@H]1C. The van der Waals surface area contributed by atoms with E-state index in [2.05, 4.69) is 5.32 Å². The van der Waals surface area contributed by atoms with Gasteiger partial charge < -0.3 is 10.2 Å². The third-order valence-corrected chi connectivity index (χ3v) is 2.91. The highest BCUT2D eigenvalue weighted by molar-refractivity contribution is 6.08. The van der Waals surface area contributed by atoms with E-state index >= 15 is 0 Å². The molecule has 4 heteroatoms. The Morgan fingerprint density at radius 1 is 1.44 bits per heavy atom. The molecule has 0 bridgehead atoms. The van der Waals surface area contributed by atoms with Crippen molar-refractivity contribution in [1.82, 2.24) is 0 Å². The van der Waals surface area contributed by atoms with Crippen LogP contribution in [0.2, 0.25) is 0 Å². The molecule has 0 saturated carbocycles. The lowest BCUT2D eigenvalue weighted by atomic mass is 10.1. The molecule has 0 fully saturated rings. The monoisotopic (exact) mass is 244 g/mol. The molecule has 1 aliphatic rings. The number of hydrogen-bond donors (Lipinski definition) is 1. The van der Waals surface area contributed by atoms with Crippen LogP contribution in [-0.4, -0.2) is 17.9 Å². The molecule has 1 aromatic carbocycles. The quantitative estimate of drug-likeness (QED) is 0.771. The first-order valence-corrected chi connectivity index (χ1v) is 5.98. The van der Waals surface area contributed by atoms with Crippen LogP contribution >= 0.6 is 0 Å². The Morgan fingerprint density at radius 2 is 2.17 bits per heavy atom. The number of amides is 2. The average Bonchev–Trinajstić information content (AvgIpc) is 2.43. The van der Waals surface area contributed by atoms with E-state index in [9.17, 15) is 9.59 Å². The molecule has 0 saturated heterocycles. The maximum absolute atomic E-state index is 12.1. The Bertz CT molecular complexity index is 508. The molecule has 2 rings (SSSR count). The fourth-order valence-corrected chi connectivity index (χ4v) is 2.15. The van der Waals surface area contributed by atoms with E-state index in [4.69, 9.17) is 0 Å². The van der Waals surface area contributed by atoms with Crippen LogP contribution < -0.4 is 10.2 Å². The van der Waals surface area contributed by atoms with Crippen LogP contribution in [-0.2, 0) is 9.59 Å². The first kappa shape index (κ1) is 12.4. The summed E-state index contributed by atoms with van der Waals surface area (Å²) in [5, 5.41) is 2.82. The number of para-hydroxylation sites is 2. The van der Waals surface area contributed by atoms with Gasteiger partial charge in [0, 0.05) is 12.5 Å². The maximum Gasteiger partial charge on any atom is 0.250 e. The largest absolute Gasteiger partial charge is 0.324 e. The molecule has 1 atom stereocenters. The predicted octanol–water partition coefficient (Wildman–Crippen LogP) is 2.33. The Labute approximate surface area is 106 Å². The third kappa shape index (κ3) is 2.27. The van der Waals surface area contributed by atoms with E-state index in [1.165, 1.54) is 6.08 Å². The fourth-order valence-electron chi connectivity index (χ4n) is 2.15. The van der Waals surface area contributed by atoms with Crippen molar-refractivity contribution in [1.29, 1.82) is 0 Å². The van der Waals surface area contributed by atoms with Crippen molar-refractivity contribution in [2.75, 3.05) is 10.2 Å². The summed E-state index contributed by atoms with van der Waals surface area (Å²) in [7, 11) is 0. The number of nitrogens with zero attached hydrogens (tertiary/aromatic N) is 1.